The van der Waals surface area contributed by atoms with Crippen LogP contribution in [0.5, 0.6) is 0 Å². The van der Waals surface area contributed by atoms with Gasteiger partial charge in [-0.3, -0.25) is 19.7 Å². The van der Waals surface area contributed by atoms with Crippen molar-refractivity contribution in [3.8, 4) is 0 Å². The minimum Gasteiger partial charge on any atom is -0.469 e. The molecule has 2 atom stereocenters. The van der Waals surface area contributed by atoms with Gasteiger partial charge in [0.2, 0.25) is 6.04 Å². The maximum atomic E-state index is 11.0. The van der Waals surface area contributed by atoms with Gasteiger partial charge in [-0.1, -0.05) is 0 Å². The van der Waals surface area contributed by atoms with Gasteiger partial charge >= 0.3 is 11.9 Å². The van der Waals surface area contributed by atoms with Crippen molar-refractivity contribution in [3.63, 3.8) is 0 Å². The number of rotatable bonds is 10. The van der Waals surface area contributed by atoms with E-state index in [0.717, 1.165) is 6.42 Å². The Bertz CT molecular complexity index is 331. The smallest absolute Gasteiger partial charge is 0.305 e. The number of carbonyl (C=O) groups excluding carboxylic acids is 2. The maximum Gasteiger partial charge on any atom is 0.305 e. The first-order valence-corrected chi connectivity index (χ1v) is 6.74. The van der Waals surface area contributed by atoms with Gasteiger partial charge in [0.1, 0.15) is 0 Å². The lowest BCUT2D eigenvalue weighted by Crippen LogP contribution is -2.21. The van der Waals surface area contributed by atoms with E-state index < -0.39 is 12.0 Å². The van der Waals surface area contributed by atoms with E-state index in [2.05, 4.69) is 4.74 Å². The molecule has 0 aromatic carbocycles. The first-order valence-electron chi connectivity index (χ1n) is 6.74. The first-order chi connectivity index (χ1) is 9.36. The minimum atomic E-state index is -0.724. The molecule has 0 amide bonds. The molecule has 7 nitrogen and oxygen atoms in total. The van der Waals surface area contributed by atoms with Crippen LogP contribution in [0.2, 0.25) is 0 Å². The Hall–Kier alpha value is -1.66. The lowest BCUT2D eigenvalue weighted by molar-refractivity contribution is -0.524. The molecule has 0 aliphatic rings. The fraction of sp³-hybridized carbons (Fsp3) is 0.846. The summed E-state index contributed by atoms with van der Waals surface area (Å²) in [5.41, 5.74) is 0. The quantitative estimate of drug-likeness (QED) is 0.264. The second-order valence-electron chi connectivity index (χ2n) is 4.76. The van der Waals surface area contributed by atoms with Crippen molar-refractivity contribution in [3.05, 3.63) is 10.1 Å². The average molecular weight is 289 g/mol. The van der Waals surface area contributed by atoms with E-state index >= 15 is 0 Å². The number of unbranched alkanes of at least 4 members (excludes halogenated alkanes) is 1. The second-order valence-corrected chi connectivity index (χ2v) is 4.76. The number of hydrogen-bond donors (Lipinski definition) is 0. The summed E-state index contributed by atoms with van der Waals surface area (Å²) in [4.78, 5) is 32.2. The van der Waals surface area contributed by atoms with Crippen molar-refractivity contribution in [2.24, 2.45) is 0 Å². The predicted molar refractivity (Wildman–Crippen MR) is 71.7 cm³/mol. The molecule has 0 rings (SSSR count). The molecular weight excluding hydrogens is 266 g/mol. The van der Waals surface area contributed by atoms with Crippen molar-refractivity contribution in [2.75, 3.05) is 7.11 Å². The SMILES string of the molecule is COC(=O)CCC(CCCCC(C)OC(C)=O)[N+](=O)[O-]. The Labute approximate surface area is 118 Å². The molecule has 0 bridgehead atoms. The van der Waals surface area contributed by atoms with Gasteiger partial charge in [0.25, 0.3) is 0 Å². The van der Waals surface area contributed by atoms with Crippen LogP contribution in [0, 0.1) is 10.1 Å². The van der Waals surface area contributed by atoms with E-state index in [0.29, 0.717) is 19.3 Å². The predicted octanol–water partition coefficient (Wildman–Crippen LogP) is 2.10. The Kier molecular flexibility index (Phi) is 9.32. The van der Waals surface area contributed by atoms with Gasteiger partial charge in [-0.15, -0.1) is 0 Å². The number of carbonyl (C=O) groups is 2. The molecule has 20 heavy (non-hydrogen) atoms. The van der Waals surface area contributed by atoms with E-state index in [9.17, 15) is 19.7 Å². The summed E-state index contributed by atoms with van der Waals surface area (Å²) in [5, 5.41) is 10.9. The van der Waals surface area contributed by atoms with Crippen LogP contribution in [0.25, 0.3) is 0 Å². The molecular formula is C13H23NO6. The molecule has 7 heteroatoms. The average Bonchev–Trinajstić information content (AvgIpc) is 2.35. The van der Waals surface area contributed by atoms with Crippen LogP contribution in [0.3, 0.4) is 0 Å². The molecule has 0 aromatic rings. The number of hydrogen-bond acceptors (Lipinski definition) is 6. The summed E-state index contributed by atoms with van der Waals surface area (Å²) < 4.78 is 9.43. The monoisotopic (exact) mass is 289 g/mol. The summed E-state index contributed by atoms with van der Waals surface area (Å²) in [6.45, 7) is 3.15. The Morgan fingerprint density at radius 1 is 1.20 bits per heavy atom. The highest BCUT2D eigenvalue weighted by Gasteiger charge is 2.21. The highest BCUT2D eigenvalue weighted by atomic mass is 16.6. The first kappa shape index (κ1) is 18.3. The van der Waals surface area contributed by atoms with Gasteiger partial charge in [-0.05, 0) is 26.2 Å². The number of nitrogens with zero attached hydrogens (tertiary/aromatic N) is 1. The van der Waals surface area contributed by atoms with Crippen LogP contribution < -0.4 is 0 Å². The minimum absolute atomic E-state index is 0.0615. The highest BCUT2D eigenvalue weighted by Crippen LogP contribution is 2.13. The molecule has 0 saturated carbocycles. The van der Waals surface area contributed by atoms with E-state index in [1.165, 1.54) is 14.0 Å². The van der Waals surface area contributed by atoms with Crippen molar-refractivity contribution in [1.29, 1.82) is 0 Å². The Morgan fingerprint density at radius 3 is 2.30 bits per heavy atom. The van der Waals surface area contributed by atoms with Gasteiger partial charge < -0.3 is 9.47 Å². The molecule has 0 spiro atoms. The van der Waals surface area contributed by atoms with Crippen molar-refractivity contribution >= 4 is 11.9 Å². The van der Waals surface area contributed by atoms with Crippen molar-refractivity contribution in [1.82, 2.24) is 0 Å². The number of ether oxygens (including phenoxy) is 2. The van der Waals surface area contributed by atoms with Crippen LogP contribution in [-0.4, -0.2) is 36.1 Å². The van der Waals surface area contributed by atoms with Gasteiger partial charge in [0.15, 0.2) is 0 Å². The summed E-state index contributed by atoms with van der Waals surface area (Å²) in [6.07, 6.45) is 2.59. The molecule has 0 N–H and O–H groups in total. The van der Waals surface area contributed by atoms with Crippen LogP contribution in [-0.2, 0) is 19.1 Å². The summed E-state index contributed by atoms with van der Waals surface area (Å²) in [7, 11) is 1.26. The van der Waals surface area contributed by atoms with Crippen LogP contribution in [0.1, 0.15) is 52.4 Å². The number of methoxy groups -OCH3 is 1. The third kappa shape index (κ3) is 9.29. The molecule has 0 saturated heterocycles. The zero-order valence-corrected chi connectivity index (χ0v) is 12.3. The zero-order chi connectivity index (χ0) is 15.5. The normalized spacial score (nSPS) is 13.3. The van der Waals surface area contributed by atoms with Gasteiger partial charge in [0.05, 0.1) is 19.6 Å². The summed E-state index contributed by atoms with van der Waals surface area (Å²) >= 11 is 0. The molecule has 2 unspecified atom stereocenters. The summed E-state index contributed by atoms with van der Waals surface area (Å²) in [6, 6.07) is -0.724. The van der Waals surface area contributed by atoms with Gasteiger partial charge in [-0.25, -0.2) is 0 Å². The maximum absolute atomic E-state index is 11.0. The van der Waals surface area contributed by atoms with Crippen LogP contribution >= 0.6 is 0 Å². The lowest BCUT2D eigenvalue weighted by Gasteiger charge is -2.12. The van der Waals surface area contributed by atoms with Gasteiger partial charge in [-0.2, -0.15) is 0 Å². The molecule has 0 aromatic heterocycles. The van der Waals surface area contributed by atoms with Crippen molar-refractivity contribution in [2.45, 2.75) is 64.5 Å². The van der Waals surface area contributed by atoms with Crippen LogP contribution in [0.4, 0.5) is 0 Å². The Balaban J connectivity index is 3.89. The largest absolute Gasteiger partial charge is 0.469 e. The zero-order valence-electron chi connectivity index (χ0n) is 12.3. The molecule has 116 valence electrons. The third-order valence-corrected chi connectivity index (χ3v) is 2.97. The fourth-order valence-electron chi connectivity index (χ4n) is 1.90. The Morgan fingerprint density at radius 2 is 1.80 bits per heavy atom. The van der Waals surface area contributed by atoms with Crippen molar-refractivity contribution < 1.29 is 24.0 Å². The molecule has 0 aliphatic heterocycles. The molecule has 0 aliphatic carbocycles. The van der Waals surface area contributed by atoms with E-state index in [1.54, 1.807) is 6.92 Å². The van der Waals surface area contributed by atoms with E-state index in [4.69, 9.17) is 4.74 Å². The second kappa shape index (κ2) is 10.2. The van der Waals surface area contributed by atoms with Gasteiger partial charge in [0, 0.05) is 24.7 Å². The molecule has 0 radical (unpaired) electrons. The van der Waals surface area contributed by atoms with Crippen LogP contribution in [0.15, 0.2) is 0 Å². The van der Waals surface area contributed by atoms with E-state index in [1.807, 2.05) is 0 Å². The fourth-order valence-corrected chi connectivity index (χ4v) is 1.90. The number of esters is 2. The lowest BCUT2D eigenvalue weighted by atomic mass is 10.0. The molecule has 0 heterocycles. The molecule has 0 fully saturated rings. The standard InChI is InChI=1S/C13H23NO6/c1-10(20-11(2)15)6-4-5-7-12(14(17)18)8-9-13(16)19-3/h10,12H,4-9H2,1-3H3. The topological polar surface area (TPSA) is 95.7 Å². The number of nitro groups is 1. The third-order valence-electron chi connectivity index (χ3n) is 2.97. The highest BCUT2D eigenvalue weighted by molar-refractivity contribution is 5.69. The van der Waals surface area contributed by atoms with E-state index in [-0.39, 0.29) is 29.8 Å². The summed E-state index contributed by atoms with van der Waals surface area (Å²) in [5.74, 6) is -0.751.